The summed E-state index contributed by atoms with van der Waals surface area (Å²) in [6.45, 7) is 1.71. The predicted molar refractivity (Wildman–Crippen MR) is 78.8 cm³/mol. The first kappa shape index (κ1) is 14.8. The van der Waals surface area contributed by atoms with Crippen molar-refractivity contribution >= 4 is 27.3 Å². The van der Waals surface area contributed by atoms with E-state index < -0.39 is 15.8 Å². The number of sulfonamides is 1. The van der Waals surface area contributed by atoms with Crippen LogP contribution in [0.4, 0.5) is 10.1 Å². The minimum absolute atomic E-state index is 0.194. The number of hydrogen-bond acceptors (Lipinski definition) is 2. The van der Waals surface area contributed by atoms with Gasteiger partial charge in [-0.15, -0.1) is 0 Å². The van der Waals surface area contributed by atoms with Gasteiger partial charge < -0.3 is 0 Å². The molecule has 0 saturated carbocycles. The first-order valence-electron chi connectivity index (χ1n) is 5.87. The van der Waals surface area contributed by atoms with Gasteiger partial charge in [-0.3, -0.25) is 4.72 Å². The molecule has 0 aromatic heterocycles. The molecule has 1 N–H and O–H groups in total. The molecule has 0 radical (unpaired) electrons. The van der Waals surface area contributed by atoms with Crippen LogP contribution in [-0.2, 0) is 15.8 Å². The maximum absolute atomic E-state index is 13.1. The Balaban J connectivity index is 2.19. The van der Waals surface area contributed by atoms with Gasteiger partial charge in [-0.1, -0.05) is 29.8 Å². The molecule has 6 heteroatoms. The number of rotatable bonds is 4. The summed E-state index contributed by atoms with van der Waals surface area (Å²) in [5.41, 5.74) is 1.51. The zero-order valence-electron chi connectivity index (χ0n) is 10.7. The molecule has 2 aromatic rings. The molecule has 0 unspecified atom stereocenters. The summed E-state index contributed by atoms with van der Waals surface area (Å²) in [5, 5.41) is 0.542. The lowest BCUT2D eigenvalue weighted by atomic mass is 10.2. The van der Waals surface area contributed by atoms with Gasteiger partial charge in [0.2, 0.25) is 10.0 Å². The van der Waals surface area contributed by atoms with Crippen LogP contribution in [0, 0.1) is 12.7 Å². The van der Waals surface area contributed by atoms with Gasteiger partial charge in [0.25, 0.3) is 0 Å². The lowest BCUT2D eigenvalue weighted by molar-refractivity contribution is 0.600. The van der Waals surface area contributed by atoms with Crippen LogP contribution >= 0.6 is 11.6 Å². The second-order valence-corrected chi connectivity index (χ2v) is 6.61. The van der Waals surface area contributed by atoms with Crippen molar-refractivity contribution in [3.05, 3.63) is 64.4 Å². The molecule has 0 atom stereocenters. The maximum atomic E-state index is 13.1. The highest BCUT2D eigenvalue weighted by Crippen LogP contribution is 2.19. The average molecular weight is 314 g/mol. The number of benzene rings is 2. The van der Waals surface area contributed by atoms with E-state index in [1.807, 2.05) is 0 Å². The molecule has 0 bridgehead atoms. The van der Waals surface area contributed by atoms with Crippen LogP contribution in [0.25, 0.3) is 0 Å². The van der Waals surface area contributed by atoms with Gasteiger partial charge in [0.05, 0.1) is 11.4 Å². The fraction of sp³-hybridized carbons (Fsp3) is 0.143. The van der Waals surface area contributed by atoms with Crippen LogP contribution < -0.4 is 4.72 Å². The first-order valence-corrected chi connectivity index (χ1v) is 7.90. The Morgan fingerprint density at radius 2 is 1.80 bits per heavy atom. The highest BCUT2D eigenvalue weighted by atomic mass is 35.5. The Kier molecular flexibility index (Phi) is 4.30. The Hall–Kier alpha value is -1.59. The minimum Gasteiger partial charge on any atom is -0.283 e. The number of aryl methyl sites for hydroxylation is 1. The third kappa shape index (κ3) is 3.95. The smallest absolute Gasteiger partial charge is 0.236 e. The van der Waals surface area contributed by atoms with Gasteiger partial charge in [-0.05, 0) is 42.3 Å². The van der Waals surface area contributed by atoms with Crippen LogP contribution in [0.3, 0.4) is 0 Å². The molecule has 0 amide bonds. The molecule has 0 saturated heterocycles. The summed E-state index contributed by atoms with van der Waals surface area (Å²) in [7, 11) is -3.60. The molecule has 0 spiro atoms. The third-order valence-electron chi connectivity index (χ3n) is 2.74. The Morgan fingerprint density at radius 3 is 2.45 bits per heavy atom. The lowest BCUT2D eigenvalue weighted by Gasteiger charge is -2.10. The molecular formula is C14H13ClFNO2S. The molecule has 0 aliphatic heterocycles. The van der Waals surface area contributed by atoms with Gasteiger partial charge in [0, 0.05) is 5.02 Å². The number of nitrogens with one attached hydrogen (secondary N) is 1. The van der Waals surface area contributed by atoms with Gasteiger partial charge in [-0.25, -0.2) is 12.8 Å². The topological polar surface area (TPSA) is 46.2 Å². The lowest BCUT2D eigenvalue weighted by Crippen LogP contribution is -2.15. The summed E-state index contributed by atoms with van der Waals surface area (Å²) in [4.78, 5) is 0. The summed E-state index contributed by atoms with van der Waals surface area (Å²) in [5.74, 6) is -0.681. The number of anilines is 1. The van der Waals surface area contributed by atoms with Crippen LogP contribution in [-0.4, -0.2) is 8.42 Å². The molecule has 20 heavy (non-hydrogen) atoms. The van der Waals surface area contributed by atoms with Crippen molar-refractivity contribution in [3.63, 3.8) is 0 Å². The van der Waals surface area contributed by atoms with Gasteiger partial charge in [0.15, 0.2) is 0 Å². The van der Waals surface area contributed by atoms with E-state index in [0.29, 0.717) is 16.1 Å². The standard InChI is InChI=1S/C14H13ClFNO2S/c1-10-2-7-13(16)8-14(10)17-20(18,19)9-11-3-5-12(15)6-4-11/h2-8,17H,9H2,1H3. The van der Waals surface area contributed by atoms with E-state index in [-0.39, 0.29) is 11.4 Å². The molecule has 3 nitrogen and oxygen atoms in total. The maximum Gasteiger partial charge on any atom is 0.236 e. The van der Waals surface area contributed by atoms with Crippen molar-refractivity contribution in [1.29, 1.82) is 0 Å². The largest absolute Gasteiger partial charge is 0.283 e. The number of halogens is 2. The van der Waals surface area contributed by atoms with E-state index >= 15 is 0 Å². The van der Waals surface area contributed by atoms with Crippen molar-refractivity contribution in [3.8, 4) is 0 Å². The first-order chi connectivity index (χ1) is 9.35. The molecule has 0 heterocycles. The zero-order valence-corrected chi connectivity index (χ0v) is 12.3. The van der Waals surface area contributed by atoms with Crippen molar-refractivity contribution in [2.75, 3.05) is 4.72 Å². The van der Waals surface area contributed by atoms with Crippen molar-refractivity contribution in [2.24, 2.45) is 0 Å². The highest BCUT2D eigenvalue weighted by Gasteiger charge is 2.13. The molecule has 0 aliphatic carbocycles. The Morgan fingerprint density at radius 1 is 1.15 bits per heavy atom. The van der Waals surface area contributed by atoms with Gasteiger partial charge in [0.1, 0.15) is 5.82 Å². The van der Waals surface area contributed by atoms with E-state index in [0.717, 1.165) is 6.07 Å². The Bertz CT molecular complexity index is 714. The van der Waals surface area contributed by atoms with E-state index in [9.17, 15) is 12.8 Å². The molecular weight excluding hydrogens is 301 g/mol. The summed E-state index contributed by atoms with van der Waals surface area (Å²) in [6.07, 6.45) is 0. The predicted octanol–water partition coefficient (Wildman–Crippen LogP) is 3.73. The Labute approximate surface area is 122 Å². The van der Waals surface area contributed by atoms with E-state index in [2.05, 4.69) is 4.72 Å². The fourth-order valence-electron chi connectivity index (χ4n) is 1.71. The van der Waals surface area contributed by atoms with Crippen LogP contribution in [0.1, 0.15) is 11.1 Å². The van der Waals surface area contributed by atoms with E-state index in [1.165, 1.54) is 12.1 Å². The summed E-state index contributed by atoms with van der Waals surface area (Å²) >= 11 is 5.74. The van der Waals surface area contributed by atoms with Gasteiger partial charge in [-0.2, -0.15) is 0 Å². The van der Waals surface area contributed by atoms with Crippen molar-refractivity contribution < 1.29 is 12.8 Å². The van der Waals surface area contributed by atoms with Crippen LogP contribution in [0.15, 0.2) is 42.5 Å². The van der Waals surface area contributed by atoms with Crippen molar-refractivity contribution in [2.45, 2.75) is 12.7 Å². The van der Waals surface area contributed by atoms with E-state index in [1.54, 1.807) is 31.2 Å². The molecule has 106 valence electrons. The highest BCUT2D eigenvalue weighted by molar-refractivity contribution is 7.91. The monoisotopic (exact) mass is 313 g/mol. The third-order valence-corrected chi connectivity index (χ3v) is 4.23. The van der Waals surface area contributed by atoms with Crippen LogP contribution in [0.5, 0.6) is 0 Å². The zero-order chi connectivity index (χ0) is 14.8. The molecule has 2 aromatic carbocycles. The average Bonchev–Trinajstić information content (AvgIpc) is 2.36. The second kappa shape index (κ2) is 5.81. The summed E-state index contributed by atoms with van der Waals surface area (Å²) < 4.78 is 39.6. The van der Waals surface area contributed by atoms with Crippen LogP contribution in [0.2, 0.25) is 5.02 Å². The van der Waals surface area contributed by atoms with Crippen molar-refractivity contribution in [1.82, 2.24) is 0 Å². The normalized spacial score (nSPS) is 11.3. The molecule has 0 aliphatic rings. The second-order valence-electron chi connectivity index (χ2n) is 4.45. The minimum atomic E-state index is -3.60. The SMILES string of the molecule is Cc1ccc(F)cc1NS(=O)(=O)Cc1ccc(Cl)cc1. The van der Waals surface area contributed by atoms with Gasteiger partial charge >= 0.3 is 0 Å². The quantitative estimate of drug-likeness (QED) is 0.935. The molecule has 0 fully saturated rings. The molecule has 2 rings (SSSR count). The fourth-order valence-corrected chi connectivity index (χ4v) is 3.09. The summed E-state index contributed by atoms with van der Waals surface area (Å²) in [6, 6.07) is 10.5. The van der Waals surface area contributed by atoms with E-state index in [4.69, 9.17) is 11.6 Å². The number of hydrogen-bond donors (Lipinski definition) is 1.